The maximum Gasteiger partial charge on any atom is 0.251 e. The molecule has 0 saturated heterocycles. The molecule has 0 unspecified atom stereocenters. The molecule has 0 atom stereocenters. The molecule has 4 aromatic rings. The van der Waals surface area contributed by atoms with Crippen molar-refractivity contribution in [3.63, 3.8) is 0 Å². The minimum absolute atomic E-state index is 0.118. The van der Waals surface area contributed by atoms with Crippen LogP contribution in [0.15, 0.2) is 59.4 Å². The number of aromatic nitrogens is 3. The summed E-state index contributed by atoms with van der Waals surface area (Å²) in [5.74, 6) is 0.607. The van der Waals surface area contributed by atoms with E-state index < -0.39 is 0 Å². The summed E-state index contributed by atoms with van der Waals surface area (Å²) >= 11 is 3.22. The van der Waals surface area contributed by atoms with Crippen LogP contribution in [-0.2, 0) is 6.54 Å². The Labute approximate surface area is 170 Å². The lowest BCUT2D eigenvalue weighted by Crippen LogP contribution is -2.27. The molecule has 0 saturated carbocycles. The Bertz CT molecular complexity index is 1040. The van der Waals surface area contributed by atoms with Gasteiger partial charge in [0.2, 0.25) is 0 Å². The summed E-state index contributed by atoms with van der Waals surface area (Å²) in [6.07, 6.45) is 1.78. The zero-order valence-electron chi connectivity index (χ0n) is 15.2. The third-order valence-corrected chi connectivity index (χ3v) is 5.85. The van der Waals surface area contributed by atoms with Crippen LogP contribution in [0.5, 0.6) is 5.75 Å². The molecule has 0 aliphatic carbocycles. The van der Waals surface area contributed by atoms with E-state index in [1.807, 2.05) is 21.5 Å². The predicted octanol–water partition coefficient (Wildman–Crippen LogP) is 4.17. The fourth-order valence-corrected chi connectivity index (χ4v) is 4.12. The molecule has 0 bridgehead atoms. The normalized spacial score (nSPS) is 10.8. The highest BCUT2D eigenvalue weighted by atomic mass is 32.1. The number of ether oxygens (including phenoxy) is 1. The van der Waals surface area contributed by atoms with Crippen molar-refractivity contribution in [3.05, 3.63) is 65.0 Å². The summed E-state index contributed by atoms with van der Waals surface area (Å²) < 4.78 is 7.05. The number of hydrogen-bond donors (Lipinski definition) is 1. The van der Waals surface area contributed by atoms with E-state index in [2.05, 4.69) is 22.4 Å². The molecule has 1 amide bonds. The number of nitrogens with zero attached hydrogens (tertiary/aromatic N) is 3. The standard InChI is InChI=1S/C20H18N4O2S2/c1-26-15-6-4-14(5-7-15)19(25)21-8-10-24-17(18-3-2-11-27-18)13-16(23-24)20-22-9-12-28-20/h2-7,9,11-13H,8,10H2,1H3,(H,21,25). The van der Waals surface area contributed by atoms with Gasteiger partial charge in [0.15, 0.2) is 0 Å². The number of thiophene rings is 1. The quantitative estimate of drug-likeness (QED) is 0.496. The summed E-state index contributed by atoms with van der Waals surface area (Å²) in [6.45, 7) is 1.04. The number of thiazole rings is 1. The van der Waals surface area contributed by atoms with Crippen LogP contribution in [0.4, 0.5) is 0 Å². The third-order valence-electron chi connectivity index (χ3n) is 4.17. The number of benzene rings is 1. The van der Waals surface area contributed by atoms with Crippen molar-refractivity contribution in [2.24, 2.45) is 0 Å². The van der Waals surface area contributed by atoms with Crippen molar-refractivity contribution in [1.29, 1.82) is 0 Å². The van der Waals surface area contributed by atoms with E-state index in [9.17, 15) is 4.79 Å². The van der Waals surface area contributed by atoms with Gasteiger partial charge in [-0.05, 0) is 41.8 Å². The molecule has 6 nitrogen and oxygen atoms in total. The highest BCUT2D eigenvalue weighted by Gasteiger charge is 2.14. The van der Waals surface area contributed by atoms with Gasteiger partial charge in [0.25, 0.3) is 5.91 Å². The molecular weight excluding hydrogens is 392 g/mol. The van der Waals surface area contributed by atoms with Crippen LogP contribution in [-0.4, -0.2) is 34.3 Å². The van der Waals surface area contributed by atoms with Gasteiger partial charge in [-0.1, -0.05) is 6.07 Å². The number of nitrogens with one attached hydrogen (secondary N) is 1. The van der Waals surface area contributed by atoms with E-state index in [-0.39, 0.29) is 5.91 Å². The zero-order valence-corrected chi connectivity index (χ0v) is 16.8. The van der Waals surface area contributed by atoms with Crippen LogP contribution in [0, 0.1) is 0 Å². The Morgan fingerprint density at radius 3 is 2.71 bits per heavy atom. The van der Waals surface area contributed by atoms with Gasteiger partial charge in [-0.25, -0.2) is 4.98 Å². The number of rotatable bonds is 7. The summed E-state index contributed by atoms with van der Waals surface area (Å²) in [6, 6.07) is 13.2. The number of hydrogen-bond acceptors (Lipinski definition) is 6. The molecule has 0 radical (unpaired) electrons. The minimum Gasteiger partial charge on any atom is -0.497 e. The molecule has 8 heteroatoms. The number of amides is 1. The van der Waals surface area contributed by atoms with Gasteiger partial charge in [0.05, 0.1) is 24.2 Å². The Balaban J connectivity index is 1.47. The van der Waals surface area contributed by atoms with Gasteiger partial charge in [-0.15, -0.1) is 22.7 Å². The first-order valence-corrected chi connectivity index (χ1v) is 10.4. The topological polar surface area (TPSA) is 69.0 Å². The molecule has 1 aromatic carbocycles. The first-order valence-electron chi connectivity index (χ1n) is 8.68. The second kappa shape index (κ2) is 8.37. The van der Waals surface area contributed by atoms with Crippen molar-refractivity contribution < 1.29 is 9.53 Å². The monoisotopic (exact) mass is 410 g/mol. The average Bonchev–Trinajstić information content (AvgIpc) is 3.48. The Morgan fingerprint density at radius 1 is 1.18 bits per heavy atom. The fourth-order valence-electron chi connectivity index (χ4n) is 2.78. The lowest BCUT2D eigenvalue weighted by atomic mass is 10.2. The van der Waals surface area contributed by atoms with Crippen molar-refractivity contribution >= 4 is 28.6 Å². The second-order valence-corrected chi connectivity index (χ2v) is 7.78. The SMILES string of the molecule is COc1ccc(C(=O)NCCn2nc(-c3nccs3)cc2-c2cccs2)cc1. The number of carbonyl (C=O) groups excluding carboxylic acids is 1. The van der Waals surface area contributed by atoms with Crippen LogP contribution in [0.2, 0.25) is 0 Å². The molecule has 0 spiro atoms. The van der Waals surface area contributed by atoms with Gasteiger partial charge < -0.3 is 10.1 Å². The van der Waals surface area contributed by atoms with Gasteiger partial charge in [0.1, 0.15) is 16.5 Å². The highest BCUT2D eigenvalue weighted by molar-refractivity contribution is 7.13. The summed E-state index contributed by atoms with van der Waals surface area (Å²) in [5.41, 5.74) is 2.47. The predicted molar refractivity (Wildman–Crippen MR) is 112 cm³/mol. The van der Waals surface area contributed by atoms with Crippen molar-refractivity contribution in [2.45, 2.75) is 6.54 Å². The Morgan fingerprint density at radius 2 is 2.04 bits per heavy atom. The van der Waals surface area contributed by atoms with E-state index in [4.69, 9.17) is 9.84 Å². The smallest absolute Gasteiger partial charge is 0.251 e. The van der Waals surface area contributed by atoms with Gasteiger partial charge in [-0.2, -0.15) is 5.10 Å². The molecule has 3 aromatic heterocycles. The lowest BCUT2D eigenvalue weighted by Gasteiger charge is -2.08. The average molecular weight is 411 g/mol. The van der Waals surface area contributed by atoms with Gasteiger partial charge >= 0.3 is 0 Å². The molecule has 28 heavy (non-hydrogen) atoms. The van der Waals surface area contributed by atoms with Crippen molar-refractivity contribution in [2.75, 3.05) is 13.7 Å². The van der Waals surface area contributed by atoms with E-state index >= 15 is 0 Å². The van der Waals surface area contributed by atoms with Gasteiger partial charge in [-0.3, -0.25) is 9.48 Å². The second-order valence-electron chi connectivity index (χ2n) is 5.94. The summed E-state index contributed by atoms with van der Waals surface area (Å²) in [7, 11) is 1.60. The van der Waals surface area contributed by atoms with Crippen LogP contribution in [0.1, 0.15) is 10.4 Å². The van der Waals surface area contributed by atoms with Crippen LogP contribution >= 0.6 is 22.7 Å². The number of carbonyl (C=O) groups is 1. The van der Waals surface area contributed by atoms with Crippen LogP contribution in [0.3, 0.4) is 0 Å². The first kappa shape index (κ1) is 18.4. The summed E-state index contributed by atoms with van der Waals surface area (Å²) in [4.78, 5) is 17.8. The zero-order chi connectivity index (χ0) is 19.3. The van der Waals surface area contributed by atoms with Crippen molar-refractivity contribution in [1.82, 2.24) is 20.1 Å². The van der Waals surface area contributed by atoms with Crippen LogP contribution in [0.25, 0.3) is 21.3 Å². The first-order chi connectivity index (χ1) is 13.7. The molecule has 1 N–H and O–H groups in total. The molecule has 0 fully saturated rings. The Hall–Kier alpha value is -2.97. The highest BCUT2D eigenvalue weighted by Crippen LogP contribution is 2.30. The maximum absolute atomic E-state index is 12.4. The minimum atomic E-state index is -0.118. The molecule has 4 rings (SSSR count). The van der Waals surface area contributed by atoms with E-state index in [0.29, 0.717) is 18.7 Å². The molecule has 3 heterocycles. The van der Waals surface area contributed by atoms with Crippen LogP contribution < -0.4 is 10.1 Å². The fraction of sp³-hybridized carbons (Fsp3) is 0.150. The molecule has 142 valence electrons. The Kier molecular flexibility index (Phi) is 5.50. The van der Waals surface area contributed by atoms with E-state index in [1.165, 1.54) is 0 Å². The largest absolute Gasteiger partial charge is 0.497 e. The molecule has 0 aliphatic rings. The third kappa shape index (κ3) is 3.97. The van der Waals surface area contributed by atoms with Crippen molar-refractivity contribution in [3.8, 4) is 27.0 Å². The summed E-state index contributed by atoms with van der Waals surface area (Å²) in [5, 5.41) is 12.5. The molecular formula is C20H18N4O2S2. The van der Waals surface area contributed by atoms with E-state index in [1.54, 1.807) is 60.2 Å². The molecule has 0 aliphatic heterocycles. The van der Waals surface area contributed by atoms with Gasteiger partial charge in [0, 0.05) is 23.7 Å². The maximum atomic E-state index is 12.4. The van der Waals surface area contributed by atoms with E-state index in [0.717, 1.165) is 27.0 Å². The lowest BCUT2D eigenvalue weighted by molar-refractivity contribution is 0.0952. The number of methoxy groups -OCH3 is 1.